The molecule has 132 valence electrons. The molecule has 23 heavy (non-hydrogen) atoms. The molecular formula is C15H24ClNO5S. The number of ether oxygens (including phenoxy) is 1. The van der Waals surface area contributed by atoms with Crippen molar-refractivity contribution in [2.45, 2.75) is 19.3 Å². The van der Waals surface area contributed by atoms with Crippen LogP contribution in [0.5, 0.6) is 0 Å². The lowest BCUT2D eigenvalue weighted by Gasteiger charge is -2.30. The van der Waals surface area contributed by atoms with Crippen LogP contribution in [0.4, 0.5) is 0 Å². The maximum Gasteiger partial charge on any atom is 0.309 e. The van der Waals surface area contributed by atoms with Gasteiger partial charge in [0.2, 0.25) is 0 Å². The van der Waals surface area contributed by atoms with Crippen molar-refractivity contribution in [3.05, 3.63) is 35.9 Å². The molecule has 1 aliphatic rings. The van der Waals surface area contributed by atoms with E-state index in [-0.39, 0.29) is 30.2 Å². The third-order valence-corrected chi connectivity index (χ3v) is 3.30. The molecule has 0 spiro atoms. The van der Waals surface area contributed by atoms with Crippen molar-refractivity contribution in [2.75, 3.05) is 26.0 Å². The smallest absolute Gasteiger partial charge is 0.309 e. The molecule has 1 aromatic rings. The topological polar surface area (TPSA) is 92.7 Å². The van der Waals surface area contributed by atoms with Crippen molar-refractivity contribution in [1.29, 1.82) is 0 Å². The fourth-order valence-corrected chi connectivity index (χ4v) is 2.44. The number of nitrogens with one attached hydrogen (secondary N) is 1. The van der Waals surface area contributed by atoms with Crippen LogP contribution in [0.1, 0.15) is 24.8 Å². The van der Waals surface area contributed by atoms with Gasteiger partial charge >= 0.3 is 5.97 Å². The number of hydrogen-bond acceptors (Lipinski definition) is 5. The molecule has 6 nitrogen and oxygen atoms in total. The minimum atomic E-state index is -3.67. The van der Waals surface area contributed by atoms with Gasteiger partial charge in [0.05, 0.1) is 18.8 Å². The Morgan fingerprint density at radius 3 is 2.43 bits per heavy atom. The molecule has 1 fully saturated rings. The zero-order chi connectivity index (χ0) is 16.6. The van der Waals surface area contributed by atoms with Crippen LogP contribution >= 0.6 is 12.4 Å². The summed E-state index contributed by atoms with van der Waals surface area (Å²) in [5.41, 5.74) is 1.22. The van der Waals surface area contributed by atoms with E-state index in [9.17, 15) is 13.2 Å². The van der Waals surface area contributed by atoms with Crippen LogP contribution in [0.3, 0.4) is 0 Å². The molecule has 0 aliphatic carbocycles. The number of halogens is 1. The first kappa shape index (κ1) is 21.9. The number of hydrogen-bond donors (Lipinski definition) is 2. The van der Waals surface area contributed by atoms with Gasteiger partial charge in [0, 0.05) is 12.5 Å². The minimum absolute atomic E-state index is 0. The van der Waals surface area contributed by atoms with E-state index in [4.69, 9.17) is 9.29 Å². The molecule has 1 heterocycles. The Kier molecular flexibility index (Phi) is 10.1. The zero-order valence-electron chi connectivity index (χ0n) is 13.3. The van der Waals surface area contributed by atoms with Crippen LogP contribution < -0.4 is 5.32 Å². The van der Waals surface area contributed by atoms with Crippen molar-refractivity contribution in [1.82, 2.24) is 5.32 Å². The molecule has 1 aromatic carbocycles. The number of benzene rings is 1. The Morgan fingerprint density at radius 1 is 1.35 bits per heavy atom. The highest BCUT2D eigenvalue weighted by molar-refractivity contribution is 7.85. The van der Waals surface area contributed by atoms with Crippen molar-refractivity contribution in [3.63, 3.8) is 0 Å². The number of rotatable bonds is 3. The molecule has 8 heteroatoms. The van der Waals surface area contributed by atoms with Gasteiger partial charge in [0.25, 0.3) is 10.1 Å². The Bertz CT molecular complexity index is 556. The Morgan fingerprint density at radius 2 is 1.91 bits per heavy atom. The van der Waals surface area contributed by atoms with Crippen LogP contribution in [0.25, 0.3) is 0 Å². The molecule has 0 radical (unpaired) electrons. The summed E-state index contributed by atoms with van der Waals surface area (Å²) < 4.78 is 31.0. The molecular weight excluding hydrogens is 342 g/mol. The molecule has 2 rings (SSSR count). The number of esters is 1. The average molecular weight is 366 g/mol. The first-order valence-electron chi connectivity index (χ1n) is 7.17. The van der Waals surface area contributed by atoms with E-state index in [0.29, 0.717) is 12.9 Å². The van der Waals surface area contributed by atoms with Crippen molar-refractivity contribution >= 4 is 28.5 Å². The molecule has 1 saturated heterocycles. The van der Waals surface area contributed by atoms with Crippen molar-refractivity contribution in [2.24, 2.45) is 5.92 Å². The van der Waals surface area contributed by atoms with Gasteiger partial charge in [-0.25, -0.2) is 0 Å². The van der Waals surface area contributed by atoms with Gasteiger partial charge in [0.15, 0.2) is 0 Å². The number of carbonyl (C=O) groups is 1. The molecule has 0 amide bonds. The van der Waals surface area contributed by atoms with Crippen LogP contribution in [0, 0.1) is 5.92 Å². The highest BCUT2D eigenvalue weighted by Crippen LogP contribution is 2.30. The average Bonchev–Trinajstić information content (AvgIpc) is 2.47. The van der Waals surface area contributed by atoms with Gasteiger partial charge in [-0.2, -0.15) is 8.42 Å². The molecule has 2 N–H and O–H groups in total. The highest BCUT2D eigenvalue weighted by atomic mass is 35.5. The van der Waals surface area contributed by atoms with Gasteiger partial charge in [0.1, 0.15) is 0 Å². The van der Waals surface area contributed by atoms with Gasteiger partial charge in [-0.1, -0.05) is 30.3 Å². The summed E-state index contributed by atoms with van der Waals surface area (Å²) in [5.74, 6) is 0.186. The van der Waals surface area contributed by atoms with E-state index >= 15 is 0 Å². The second-order valence-electron chi connectivity index (χ2n) is 5.10. The van der Waals surface area contributed by atoms with Crippen LogP contribution in [0.15, 0.2) is 30.3 Å². The summed E-state index contributed by atoms with van der Waals surface area (Å²) >= 11 is 0. The first-order chi connectivity index (χ1) is 10.3. The standard InChI is InChI=1S/C14H19NO2.CH4O3S.ClH/c1-2-17-14(16)12-8-9-15-10-13(12)11-6-4-3-5-7-11;1-5(2,3)4;/h3-7,12-13,15H,2,8-10H2,1H3;1H3,(H,2,3,4);1H/t12-,13-;;/m1../s1. The summed E-state index contributed by atoms with van der Waals surface area (Å²) in [4.78, 5) is 11.9. The van der Waals surface area contributed by atoms with Gasteiger partial charge < -0.3 is 10.1 Å². The van der Waals surface area contributed by atoms with E-state index in [1.807, 2.05) is 25.1 Å². The largest absolute Gasteiger partial charge is 0.466 e. The summed E-state index contributed by atoms with van der Waals surface area (Å²) in [7, 11) is -3.67. The predicted octanol–water partition coefficient (Wildman–Crippen LogP) is 1.87. The quantitative estimate of drug-likeness (QED) is 0.627. The van der Waals surface area contributed by atoms with Crippen LogP contribution in [-0.2, 0) is 19.6 Å². The minimum Gasteiger partial charge on any atom is -0.466 e. The fourth-order valence-electron chi connectivity index (χ4n) is 2.44. The van der Waals surface area contributed by atoms with Gasteiger partial charge in [-0.15, -0.1) is 12.4 Å². The third-order valence-electron chi connectivity index (χ3n) is 3.30. The van der Waals surface area contributed by atoms with Crippen molar-refractivity contribution < 1.29 is 22.5 Å². The fraction of sp³-hybridized carbons (Fsp3) is 0.533. The monoisotopic (exact) mass is 365 g/mol. The Balaban J connectivity index is 0.000000709. The maximum atomic E-state index is 11.9. The third kappa shape index (κ3) is 8.90. The molecule has 0 aromatic heterocycles. The van der Waals surface area contributed by atoms with E-state index < -0.39 is 10.1 Å². The first-order valence-corrected chi connectivity index (χ1v) is 9.02. The normalized spacial score (nSPS) is 20.5. The highest BCUT2D eigenvalue weighted by Gasteiger charge is 2.32. The lowest BCUT2D eigenvalue weighted by molar-refractivity contribution is -0.149. The lowest BCUT2D eigenvalue weighted by atomic mass is 9.81. The van der Waals surface area contributed by atoms with Crippen LogP contribution in [0.2, 0.25) is 0 Å². The van der Waals surface area contributed by atoms with Crippen molar-refractivity contribution in [3.8, 4) is 0 Å². The lowest BCUT2D eigenvalue weighted by Crippen LogP contribution is -2.39. The van der Waals surface area contributed by atoms with Crippen LogP contribution in [-0.4, -0.2) is 44.9 Å². The van der Waals surface area contributed by atoms with Gasteiger partial charge in [-0.05, 0) is 25.5 Å². The van der Waals surface area contributed by atoms with E-state index in [0.717, 1.165) is 19.5 Å². The molecule has 0 unspecified atom stereocenters. The molecule has 0 bridgehead atoms. The molecule has 0 saturated carbocycles. The van der Waals surface area contributed by atoms with Gasteiger partial charge in [-0.3, -0.25) is 9.35 Å². The zero-order valence-corrected chi connectivity index (χ0v) is 14.9. The molecule has 2 atom stereocenters. The predicted molar refractivity (Wildman–Crippen MR) is 91.5 cm³/mol. The van der Waals surface area contributed by atoms with E-state index in [2.05, 4.69) is 17.4 Å². The second-order valence-corrected chi connectivity index (χ2v) is 6.57. The maximum absolute atomic E-state index is 11.9. The summed E-state index contributed by atoms with van der Waals surface area (Å²) in [6.07, 6.45) is 1.57. The second kappa shape index (κ2) is 10.6. The Hall–Kier alpha value is -1.15. The van der Waals surface area contributed by atoms with E-state index in [1.54, 1.807) is 0 Å². The summed E-state index contributed by atoms with van der Waals surface area (Å²) in [5, 5.41) is 3.35. The molecule has 1 aliphatic heterocycles. The summed E-state index contributed by atoms with van der Waals surface area (Å²) in [6, 6.07) is 10.2. The Labute approximate surface area is 143 Å². The van der Waals surface area contributed by atoms with E-state index in [1.165, 1.54) is 5.56 Å². The summed E-state index contributed by atoms with van der Waals surface area (Å²) in [6.45, 7) is 4.07. The number of carbonyl (C=O) groups excluding carboxylic acids is 1. The number of piperidine rings is 1. The SMILES string of the molecule is CCOC(=O)[C@@H]1CCNC[C@@H]1c1ccccc1.CS(=O)(=O)O.Cl.